The first-order valence-electron chi connectivity index (χ1n) is 6.59. The average molecular weight is 253 g/mol. The molecule has 2 N–H and O–H groups in total. The van der Waals surface area contributed by atoms with Gasteiger partial charge in [0, 0.05) is 13.7 Å². The van der Waals surface area contributed by atoms with E-state index in [0.29, 0.717) is 0 Å². The molecule has 18 heavy (non-hydrogen) atoms. The van der Waals surface area contributed by atoms with Crippen LogP contribution in [-0.4, -0.2) is 29.6 Å². The predicted octanol–water partition coefficient (Wildman–Crippen LogP) is 1.87. The third-order valence-electron chi connectivity index (χ3n) is 3.97. The van der Waals surface area contributed by atoms with Gasteiger partial charge in [-0.3, -0.25) is 4.68 Å². The molecule has 2 rings (SSSR count). The second-order valence-electron chi connectivity index (χ2n) is 4.92. The standard InChI is InChI=1S/C13H23N3O2/c1-4-8-16-11(10(17-2)9-15-16)12(14)13(18-3)6-5-7-13/h9,12H,4-8,14H2,1-3H3. The Kier molecular flexibility index (Phi) is 3.92. The summed E-state index contributed by atoms with van der Waals surface area (Å²) in [7, 11) is 3.40. The molecule has 0 aromatic carbocycles. The molecule has 1 fully saturated rings. The van der Waals surface area contributed by atoms with Crippen LogP contribution in [0.3, 0.4) is 0 Å². The molecule has 0 bridgehead atoms. The molecule has 102 valence electrons. The summed E-state index contributed by atoms with van der Waals surface area (Å²) in [6.45, 7) is 2.98. The maximum Gasteiger partial charge on any atom is 0.161 e. The zero-order valence-corrected chi connectivity index (χ0v) is 11.5. The highest BCUT2D eigenvalue weighted by molar-refractivity contribution is 5.31. The van der Waals surface area contributed by atoms with E-state index in [1.54, 1.807) is 20.4 Å². The Morgan fingerprint density at radius 1 is 1.50 bits per heavy atom. The van der Waals surface area contributed by atoms with Crippen LogP contribution in [0.4, 0.5) is 0 Å². The number of rotatable bonds is 6. The number of hydrogen-bond acceptors (Lipinski definition) is 4. The van der Waals surface area contributed by atoms with Gasteiger partial charge in [-0.1, -0.05) is 6.92 Å². The molecule has 5 heteroatoms. The third kappa shape index (κ3) is 2.01. The highest BCUT2D eigenvalue weighted by Gasteiger charge is 2.45. The summed E-state index contributed by atoms with van der Waals surface area (Å²) in [4.78, 5) is 0. The number of nitrogens with two attached hydrogens (primary N) is 1. The highest BCUT2D eigenvalue weighted by atomic mass is 16.5. The Balaban J connectivity index is 2.32. The Morgan fingerprint density at radius 2 is 2.22 bits per heavy atom. The number of ether oxygens (including phenoxy) is 2. The second kappa shape index (κ2) is 5.28. The smallest absolute Gasteiger partial charge is 0.161 e. The van der Waals surface area contributed by atoms with E-state index in [1.807, 2.05) is 4.68 Å². The molecule has 1 saturated carbocycles. The fourth-order valence-electron chi connectivity index (χ4n) is 2.66. The largest absolute Gasteiger partial charge is 0.493 e. The van der Waals surface area contributed by atoms with Crippen molar-refractivity contribution in [3.05, 3.63) is 11.9 Å². The molecule has 5 nitrogen and oxygen atoms in total. The number of nitrogens with zero attached hydrogens (tertiary/aromatic N) is 2. The molecule has 1 aliphatic carbocycles. The fourth-order valence-corrected chi connectivity index (χ4v) is 2.66. The molecule has 1 unspecified atom stereocenters. The van der Waals surface area contributed by atoms with Gasteiger partial charge in [0.1, 0.15) is 0 Å². The lowest BCUT2D eigenvalue weighted by Crippen LogP contribution is -2.49. The lowest BCUT2D eigenvalue weighted by molar-refractivity contribution is -0.0931. The topological polar surface area (TPSA) is 62.3 Å². The van der Waals surface area contributed by atoms with Crippen molar-refractivity contribution < 1.29 is 9.47 Å². The third-order valence-corrected chi connectivity index (χ3v) is 3.97. The van der Waals surface area contributed by atoms with Crippen LogP contribution in [-0.2, 0) is 11.3 Å². The summed E-state index contributed by atoms with van der Waals surface area (Å²) < 4.78 is 13.0. The number of aryl methyl sites for hydroxylation is 1. The number of hydrogen-bond donors (Lipinski definition) is 1. The molecule has 1 aromatic rings. The van der Waals surface area contributed by atoms with Gasteiger partial charge < -0.3 is 15.2 Å². The molecule has 0 amide bonds. The summed E-state index contributed by atoms with van der Waals surface area (Å²) in [6, 6.07) is -0.180. The minimum absolute atomic E-state index is 0.180. The Hall–Kier alpha value is -1.07. The van der Waals surface area contributed by atoms with Crippen molar-refractivity contribution in [2.24, 2.45) is 5.73 Å². The molecule has 0 radical (unpaired) electrons. The molecular formula is C13H23N3O2. The monoisotopic (exact) mass is 253 g/mol. The summed E-state index contributed by atoms with van der Waals surface area (Å²) in [5, 5.41) is 4.36. The molecule has 0 saturated heterocycles. The number of aromatic nitrogens is 2. The lowest BCUT2D eigenvalue weighted by atomic mass is 9.73. The van der Waals surface area contributed by atoms with E-state index in [-0.39, 0.29) is 11.6 Å². The molecule has 1 aromatic heterocycles. The Labute approximate surface area is 108 Å². The van der Waals surface area contributed by atoms with Crippen LogP contribution in [0.15, 0.2) is 6.20 Å². The molecule has 0 aliphatic heterocycles. The van der Waals surface area contributed by atoms with Gasteiger partial charge in [0.15, 0.2) is 5.75 Å². The van der Waals surface area contributed by atoms with Crippen molar-refractivity contribution in [1.82, 2.24) is 9.78 Å². The van der Waals surface area contributed by atoms with Crippen molar-refractivity contribution in [1.29, 1.82) is 0 Å². The van der Waals surface area contributed by atoms with E-state index >= 15 is 0 Å². The normalized spacial score (nSPS) is 19.3. The molecule has 1 atom stereocenters. The molecule has 1 heterocycles. The van der Waals surface area contributed by atoms with Gasteiger partial charge in [0.05, 0.1) is 30.6 Å². The van der Waals surface area contributed by atoms with Crippen molar-refractivity contribution in [3.63, 3.8) is 0 Å². The summed E-state index contributed by atoms with van der Waals surface area (Å²) >= 11 is 0. The van der Waals surface area contributed by atoms with E-state index < -0.39 is 0 Å². The average Bonchev–Trinajstić information content (AvgIpc) is 2.71. The van der Waals surface area contributed by atoms with Gasteiger partial charge in [-0.25, -0.2) is 0 Å². The Morgan fingerprint density at radius 3 is 2.67 bits per heavy atom. The first-order chi connectivity index (χ1) is 8.68. The summed E-state index contributed by atoms with van der Waals surface area (Å²) in [5.41, 5.74) is 7.15. The van der Waals surface area contributed by atoms with Crippen molar-refractivity contribution in [3.8, 4) is 5.75 Å². The van der Waals surface area contributed by atoms with E-state index in [2.05, 4.69) is 12.0 Å². The van der Waals surface area contributed by atoms with Crippen molar-refractivity contribution in [2.45, 2.75) is 50.8 Å². The molecule has 1 aliphatic rings. The maximum absolute atomic E-state index is 6.43. The van der Waals surface area contributed by atoms with Gasteiger partial charge in [-0.2, -0.15) is 5.10 Å². The van der Waals surface area contributed by atoms with E-state index in [1.165, 1.54) is 6.42 Å². The van der Waals surface area contributed by atoms with Gasteiger partial charge in [0.25, 0.3) is 0 Å². The van der Waals surface area contributed by atoms with Gasteiger partial charge in [-0.15, -0.1) is 0 Å². The first kappa shape index (κ1) is 13.4. The van der Waals surface area contributed by atoms with Gasteiger partial charge in [-0.05, 0) is 25.7 Å². The van der Waals surface area contributed by atoms with Crippen LogP contribution in [0.5, 0.6) is 5.75 Å². The van der Waals surface area contributed by atoms with Gasteiger partial charge in [0.2, 0.25) is 0 Å². The first-order valence-corrected chi connectivity index (χ1v) is 6.59. The predicted molar refractivity (Wildman–Crippen MR) is 69.6 cm³/mol. The summed E-state index contributed by atoms with van der Waals surface area (Å²) in [5.74, 6) is 0.763. The zero-order chi connectivity index (χ0) is 13.2. The van der Waals surface area contributed by atoms with Crippen LogP contribution in [0, 0.1) is 0 Å². The molecule has 0 spiro atoms. The maximum atomic E-state index is 6.43. The van der Waals surface area contributed by atoms with E-state index in [9.17, 15) is 0 Å². The fraction of sp³-hybridized carbons (Fsp3) is 0.769. The minimum atomic E-state index is -0.237. The highest BCUT2D eigenvalue weighted by Crippen LogP contribution is 2.45. The number of methoxy groups -OCH3 is 2. The van der Waals surface area contributed by atoms with Crippen molar-refractivity contribution >= 4 is 0 Å². The van der Waals surface area contributed by atoms with Crippen LogP contribution < -0.4 is 10.5 Å². The van der Waals surface area contributed by atoms with Crippen molar-refractivity contribution in [2.75, 3.05) is 14.2 Å². The SMILES string of the molecule is CCCn1ncc(OC)c1C(N)C1(OC)CCC1. The molecular weight excluding hydrogens is 230 g/mol. The van der Waals surface area contributed by atoms with Crippen LogP contribution in [0.1, 0.15) is 44.3 Å². The van der Waals surface area contributed by atoms with Crippen LogP contribution in [0.2, 0.25) is 0 Å². The van der Waals surface area contributed by atoms with E-state index in [0.717, 1.165) is 37.3 Å². The Bertz CT molecular complexity index is 393. The van der Waals surface area contributed by atoms with Crippen LogP contribution >= 0.6 is 0 Å². The van der Waals surface area contributed by atoms with E-state index in [4.69, 9.17) is 15.2 Å². The lowest BCUT2D eigenvalue weighted by Gasteiger charge is -2.45. The second-order valence-corrected chi connectivity index (χ2v) is 4.92. The summed E-state index contributed by atoms with van der Waals surface area (Å²) in [6.07, 6.45) is 5.94. The van der Waals surface area contributed by atoms with Gasteiger partial charge >= 0.3 is 0 Å². The minimum Gasteiger partial charge on any atom is -0.493 e. The van der Waals surface area contributed by atoms with Crippen LogP contribution in [0.25, 0.3) is 0 Å². The zero-order valence-electron chi connectivity index (χ0n) is 11.5. The quantitative estimate of drug-likeness (QED) is 0.840.